The first-order valence-electron chi connectivity index (χ1n) is 15.1. The molecule has 10 heteroatoms. The number of nitrogens with zero attached hydrogens (tertiary/aromatic N) is 4. The first kappa shape index (κ1) is 31.9. The van der Waals surface area contributed by atoms with Gasteiger partial charge >= 0.3 is 0 Å². The Morgan fingerprint density at radius 1 is 1.09 bits per heavy atom. The Bertz CT molecular complexity index is 1520. The van der Waals surface area contributed by atoms with Gasteiger partial charge in [-0.15, -0.1) is 0 Å². The van der Waals surface area contributed by atoms with Crippen molar-refractivity contribution in [3.63, 3.8) is 0 Å². The number of ether oxygens (including phenoxy) is 1. The molecule has 3 aromatic rings. The third kappa shape index (κ3) is 7.07. The van der Waals surface area contributed by atoms with Crippen LogP contribution in [0.4, 0.5) is 5.95 Å². The molecule has 5 rings (SSSR count). The van der Waals surface area contributed by atoms with E-state index in [0.29, 0.717) is 41.7 Å². The standard InChI is InChI=1S/C33H40Cl3N5O2/c1-3-23(24-10-11-27(34)28(35)21-24)20-25-22-33(36,13-12-26(25)31(37)42)40-15-7-14-39(16-17-40)32-38-29-8-5-6-9-30(29)41(32)18-19-43-4-2/h5-6,8-13,21,23H,3-4,7,14-20,22H2,1-2H3,(H2,37,42). The van der Waals surface area contributed by atoms with Gasteiger partial charge in [0.05, 0.1) is 27.7 Å². The van der Waals surface area contributed by atoms with Gasteiger partial charge in [-0.05, 0) is 68.0 Å². The maximum atomic E-state index is 12.5. The highest BCUT2D eigenvalue weighted by Crippen LogP contribution is 2.41. The van der Waals surface area contributed by atoms with Gasteiger partial charge in [-0.1, -0.05) is 71.6 Å². The number of rotatable bonds is 11. The maximum Gasteiger partial charge on any atom is 0.248 e. The first-order chi connectivity index (χ1) is 20.7. The number of anilines is 1. The van der Waals surface area contributed by atoms with Crippen molar-refractivity contribution in [2.45, 2.75) is 57.0 Å². The number of para-hydroxylation sites is 2. The Labute approximate surface area is 269 Å². The van der Waals surface area contributed by atoms with Crippen LogP contribution in [0.1, 0.15) is 51.0 Å². The van der Waals surface area contributed by atoms with Crippen LogP contribution in [-0.4, -0.2) is 64.7 Å². The van der Waals surface area contributed by atoms with E-state index in [-0.39, 0.29) is 5.92 Å². The minimum atomic E-state index is -0.755. The molecule has 2 aromatic carbocycles. The smallest absolute Gasteiger partial charge is 0.248 e. The summed E-state index contributed by atoms with van der Waals surface area (Å²) in [7, 11) is 0. The van der Waals surface area contributed by atoms with Gasteiger partial charge in [0.2, 0.25) is 11.9 Å². The number of fused-ring (bicyclic) bond motifs is 1. The van der Waals surface area contributed by atoms with Crippen molar-refractivity contribution in [3.8, 4) is 0 Å². The summed E-state index contributed by atoms with van der Waals surface area (Å²) in [6, 6.07) is 14.0. The highest BCUT2D eigenvalue weighted by molar-refractivity contribution is 6.42. The zero-order valence-corrected chi connectivity index (χ0v) is 27.1. The number of primary amides is 1. The molecule has 2 heterocycles. The summed E-state index contributed by atoms with van der Waals surface area (Å²) in [6.07, 6.45) is 6.76. The van der Waals surface area contributed by atoms with Gasteiger partial charge in [0.1, 0.15) is 5.00 Å². The summed E-state index contributed by atoms with van der Waals surface area (Å²) < 4.78 is 7.96. The molecule has 1 aliphatic carbocycles. The van der Waals surface area contributed by atoms with Crippen LogP contribution >= 0.6 is 34.8 Å². The number of halogens is 3. The fourth-order valence-corrected chi connectivity index (χ4v) is 7.01. The zero-order valence-electron chi connectivity index (χ0n) is 24.9. The third-order valence-corrected chi connectivity index (χ3v) is 9.85. The largest absolute Gasteiger partial charge is 0.380 e. The summed E-state index contributed by atoms with van der Waals surface area (Å²) in [6.45, 7) is 9.45. The number of aromatic nitrogens is 2. The molecular weight excluding hydrogens is 605 g/mol. The second kappa shape index (κ2) is 14.0. The van der Waals surface area contributed by atoms with Crippen molar-refractivity contribution in [2.24, 2.45) is 5.73 Å². The van der Waals surface area contributed by atoms with E-state index >= 15 is 0 Å². The highest BCUT2D eigenvalue weighted by atomic mass is 35.5. The lowest BCUT2D eigenvalue weighted by atomic mass is 9.82. The van der Waals surface area contributed by atoms with E-state index in [9.17, 15) is 4.79 Å². The van der Waals surface area contributed by atoms with Gasteiger partial charge in [-0.25, -0.2) is 4.98 Å². The Balaban J connectivity index is 1.35. The maximum absolute atomic E-state index is 12.5. The van der Waals surface area contributed by atoms with E-state index in [4.69, 9.17) is 50.3 Å². The van der Waals surface area contributed by atoms with Crippen molar-refractivity contribution in [1.82, 2.24) is 14.5 Å². The molecule has 1 saturated heterocycles. The average molecular weight is 645 g/mol. The van der Waals surface area contributed by atoms with Crippen molar-refractivity contribution in [2.75, 3.05) is 44.3 Å². The molecule has 2 unspecified atom stereocenters. The topological polar surface area (TPSA) is 76.6 Å². The van der Waals surface area contributed by atoms with E-state index in [1.54, 1.807) is 0 Å². The molecule has 2 N–H and O–H groups in total. The van der Waals surface area contributed by atoms with Crippen LogP contribution in [0, 0.1) is 0 Å². The SMILES string of the molecule is CCOCCn1c(N2CCCN(C3(Cl)C=CC(C(N)=O)=C(CC(CC)c4ccc(Cl)c(Cl)c4)C3)CC2)nc2ccccc21. The van der Waals surface area contributed by atoms with E-state index in [1.807, 2.05) is 43.3 Å². The molecule has 1 fully saturated rings. The summed E-state index contributed by atoms with van der Waals surface area (Å²) in [5.41, 5.74) is 10.6. The molecule has 1 aliphatic heterocycles. The van der Waals surface area contributed by atoms with Crippen LogP contribution < -0.4 is 10.6 Å². The summed E-state index contributed by atoms with van der Waals surface area (Å²) in [5.74, 6) is 0.687. The number of carbonyl (C=O) groups is 1. The van der Waals surface area contributed by atoms with Crippen LogP contribution in [-0.2, 0) is 16.1 Å². The molecule has 7 nitrogen and oxygen atoms in total. The fraction of sp³-hybridized carbons (Fsp3) is 0.455. The predicted molar refractivity (Wildman–Crippen MR) is 177 cm³/mol. The molecular formula is C33H40Cl3N5O2. The Kier molecular flexibility index (Phi) is 10.4. The molecule has 2 aliphatic rings. The van der Waals surface area contributed by atoms with Crippen LogP contribution in [0.2, 0.25) is 10.0 Å². The van der Waals surface area contributed by atoms with Gasteiger partial charge in [-0.3, -0.25) is 9.69 Å². The minimum Gasteiger partial charge on any atom is -0.380 e. The summed E-state index contributed by atoms with van der Waals surface area (Å²) in [4.78, 5) is 21.5. The summed E-state index contributed by atoms with van der Waals surface area (Å²) in [5, 5.41) is 1.05. The zero-order chi connectivity index (χ0) is 30.6. The highest BCUT2D eigenvalue weighted by Gasteiger charge is 2.38. The van der Waals surface area contributed by atoms with E-state index in [1.165, 1.54) is 0 Å². The van der Waals surface area contributed by atoms with Gasteiger partial charge < -0.3 is 19.9 Å². The molecule has 0 bridgehead atoms. The van der Waals surface area contributed by atoms with E-state index in [0.717, 1.165) is 73.7 Å². The quantitative estimate of drug-likeness (QED) is 0.136. The predicted octanol–water partition coefficient (Wildman–Crippen LogP) is 7.15. The van der Waals surface area contributed by atoms with Gasteiger partial charge in [0.15, 0.2) is 0 Å². The third-order valence-electron chi connectivity index (χ3n) is 8.62. The monoisotopic (exact) mass is 643 g/mol. The van der Waals surface area contributed by atoms with Crippen molar-refractivity contribution in [3.05, 3.63) is 81.4 Å². The van der Waals surface area contributed by atoms with Crippen LogP contribution in [0.25, 0.3) is 11.0 Å². The number of hydrogen-bond acceptors (Lipinski definition) is 5. The number of alkyl halides is 1. The lowest BCUT2D eigenvalue weighted by Crippen LogP contribution is -2.46. The molecule has 0 saturated carbocycles. The lowest BCUT2D eigenvalue weighted by Gasteiger charge is -2.40. The number of carbonyl (C=O) groups excluding carboxylic acids is 1. The second-order valence-corrected chi connectivity index (χ2v) is 12.7. The number of nitrogens with two attached hydrogens (primary N) is 1. The Hall–Kier alpha value is -2.55. The number of hydrogen-bond donors (Lipinski definition) is 1. The molecule has 1 aromatic heterocycles. The van der Waals surface area contributed by atoms with E-state index < -0.39 is 10.9 Å². The van der Waals surface area contributed by atoms with Crippen LogP contribution in [0.5, 0.6) is 0 Å². The number of amides is 1. The van der Waals surface area contributed by atoms with Gasteiger partial charge in [0, 0.05) is 51.3 Å². The molecule has 0 spiro atoms. The normalized spacial score (nSPS) is 20.5. The summed E-state index contributed by atoms with van der Waals surface area (Å²) >= 11 is 20.0. The number of imidazole rings is 1. The van der Waals surface area contributed by atoms with Crippen LogP contribution in [0.3, 0.4) is 0 Å². The second-order valence-electron chi connectivity index (χ2n) is 11.3. The molecule has 2 atom stereocenters. The Morgan fingerprint density at radius 3 is 2.65 bits per heavy atom. The van der Waals surface area contributed by atoms with Gasteiger partial charge in [0.25, 0.3) is 0 Å². The lowest BCUT2D eigenvalue weighted by molar-refractivity contribution is -0.114. The molecule has 230 valence electrons. The minimum absolute atomic E-state index is 0.149. The van der Waals surface area contributed by atoms with Crippen LogP contribution in [0.15, 0.2) is 65.8 Å². The fourth-order valence-electron chi connectivity index (χ4n) is 6.31. The molecule has 43 heavy (non-hydrogen) atoms. The first-order valence-corrected chi connectivity index (χ1v) is 16.2. The van der Waals surface area contributed by atoms with Crippen molar-refractivity contribution >= 4 is 57.7 Å². The molecule has 1 amide bonds. The van der Waals surface area contributed by atoms with Crippen molar-refractivity contribution < 1.29 is 9.53 Å². The average Bonchev–Trinajstić information content (AvgIpc) is 3.17. The van der Waals surface area contributed by atoms with Crippen molar-refractivity contribution in [1.29, 1.82) is 0 Å². The number of benzene rings is 2. The Morgan fingerprint density at radius 2 is 1.91 bits per heavy atom. The van der Waals surface area contributed by atoms with Gasteiger partial charge in [-0.2, -0.15) is 0 Å². The molecule has 0 radical (unpaired) electrons. The van der Waals surface area contributed by atoms with E-state index in [2.05, 4.69) is 39.5 Å².